The predicted molar refractivity (Wildman–Crippen MR) is 98.5 cm³/mol. The molecule has 0 amide bonds. The Hall–Kier alpha value is -2.36. The van der Waals surface area contributed by atoms with Gasteiger partial charge in [-0.3, -0.25) is 9.59 Å². The number of fused-ring (bicyclic) bond motifs is 1. The molecule has 0 bridgehead atoms. The first-order valence-corrected chi connectivity index (χ1v) is 9.04. The van der Waals surface area contributed by atoms with Crippen molar-refractivity contribution in [2.24, 2.45) is 0 Å². The van der Waals surface area contributed by atoms with E-state index in [1.807, 2.05) is 36.4 Å². The summed E-state index contributed by atoms with van der Waals surface area (Å²) < 4.78 is 10.5. The van der Waals surface area contributed by atoms with Crippen molar-refractivity contribution in [3.05, 3.63) is 42.5 Å². The van der Waals surface area contributed by atoms with Crippen LogP contribution < -0.4 is 4.74 Å². The molecule has 0 aliphatic carbocycles. The van der Waals surface area contributed by atoms with E-state index in [9.17, 15) is 9.59 Å². The fraction of sp³-hybridized carbons (Fsp3) is 0.429. The highest BCUT2D eigenvalue weighted by atomic mass is 16.5. The molecule has 2 rings (SSSR count). The minimum atomic E-state index is -0.328. The summed E-state index contributed by atoms with van der Waals surface area (Å²) in [6.07, 6.45) is 5.22. The molecule has 2 aromatic carbocycles. The average Bonchev–Trinajstić information content (AvgIpc) is 2.61. The molecule has 0 spiro atoms. The molecule has 0 aliphatic heterocycles. The Labute approximate surface area is 149 Å². The molecule has 0 heterocycles. The zero-order valence-electron chi connectivity index (χ0n) is 14.8. The highest BCUT2D eigenvalue weighted by molar-refractivity contribution is 5.84. The van der Waals surface area contributed by atoms with Gasteiger partial charge < -0.3 is 9.47 Å². The van der Waals surface area contributed by atoms with Crippen LogP contribution in [0.4, 0.5) is 0 Å². The highest BCUT2D eigenvalue weighted by Crippen LogP contribution is 2.21. The van der Waals surface area contributed by atoms with Gasteiger partial charge in [0.05, 0.1) is 6.61 Å². The smallest absolute Gasteiger partial charge is 0.311 e. The number of unbranched alkanes of at least 4 members (excludes halogenated alkanes) is 3. The van der Waals surface area contributed by atoms with Crippen LogP contribution in [0.5, 0.6) is 5.75 Å². The molecule has 25 heavy (non-hydrogen) atoms. The Bertz CT molecular complexity index is 693. The molecule has 0 atom stereocenters. The molecule has 0 saturated heterocycles. The number of hydrogen-bond acceptors (Lipinski definition) is 4. The lowest BCUT2D eigenvalue weighted by Crippen LogP contribution is -2.10. The van der Waals surface area contributed by atoms with Crippen LogP contribution in [0, 0.1) is 0 Å². The Balaban J connectivity index is 1.65. The van der Waals surface area contributed by atoms with Crippen LogP contribution in [-0.2, 0) is 14.3 Å². The van der Waals surface area contributed by atoms with Crippen LogP contribution in [0.3, 0.4) is 0 Å². The standard InChI is InChI=1S/C21H26O4/c1-2-3-4-7-15-24-20(22)11-8-12-21(23)25-19-14-13-17-9-5-6-10-18(17)16-19/h5-6,9-10,13-14,16H,2-4,7-8,11-12,15H2,1H3. The van der Waals surface area contributed by atoms with E-state index in [2.05, 4.69) is 6.92 Å². The lowest BCUT2D eigenvalue weighted by molar-refractivity contribution is -0.144. The average molecular weight is 342 g/mol. The molecule has 0 saturated carbocycles. The van der Waals surface area contributed by atoms with E-state index >= 15 is 0 Å². The largest absolute Gasteiger partial charge is 0.466 e. The number of esters is 2. The lowest BCUT2D eigenvalue weighted by Gasteiger charge is -2.06. The third-order valence-electron chi connectivity index (χ3n) is 3.98. The SMILES string of the molecule is CCCCCCOC(=O)CCCC(=O)Oc1ccc2ccccc2c1. The van der Waals surface area contributed by atoms with Gasteiger partial charge in [0, 0.05) is 12.8 Å². The van der Waals surface area contributed by atoms with Crippen molar-refractivity contribution in [3.63, 3.8) is 0 Å². The summed E-state index contributed by atoms with van der Waals surface area (Å²) in [5.41, 5.74) is 0. The van der Waals surface area contributed by atoms with Gasteiger partial charge in [-0.2, -0.15) is 0 Å². The van der Waals surface area contributed by atoms with E-state index < -0.39 is 0 Å². The van der Waals surface area contributed by atoms with Crippen molar-refractivity contribution in [1.82, 2.24) is 0 Å². The molecule has 4 heteroatoms. The zero-order valence-corrected chi connectivity index (χ0v) is 14.8. The maximum Gasteiger partial charge on any atom is 0.311 e. The molecule has 0 unspecified atom stereocenters. The van der Waals surface area contributed by atoms with Crippen LogP contribution >= 0.6 is 0 Å². The summed E-state index contributed by atoms with van der Waals surface area (Å²) in [4.78, 5) is 23.5. The van der Waals surface area contributed by atoms with Crippen molar-refractivity contribution in [3.8, 4) is 5.75 Å². The summed E-state index contributed by atoms with van der Waals surface area (Å²) in [7, 11) is 0. The summed E-state index contributed by atoms with van der Waals surface area (Å²) in [5, 5.41) is 2.13. The predicted octanol–water partition coefficient (Wildman–Crippen LogP) is 5.04. The number of ether oxygens (including phenoxy) is 2. The van der Waals surface area contributed by atoms with E-state index in [1.54, 1.807) is 6.07 Å². The molecule has 4 nitrogen and oxygen atoms in total. The van der Waals surface area contributed by atoms with Gasteiger partial charge in [-0.25, -0.2) is 0 Å². The van der Waals surface area contributed by atoms with Crippen molar-refractivity contribution in [2.45, 2.75) is 51.9 Å². The number of benzene rings is 2. The molecule has 0 aromatic heterocycles. The third-order valence-corrected chi connectivity index (χ3v) is 3.98. The molecule has 0 N–H and O–H groups in total. The Morgan fingerprint density at radius 1 is 0.840 bits per heavy atom. The quantitative estimate of drug-likeness (QED) is 0.345. The molecule has 0 radical (unpaired) electrons. The van der Waals surface area contributed by atoms with Gasteiger partial charge in [-0.15, -0.1) is 0 Å². The number of hydrogen-bond donors (Lipinski definition) is 0. The maximum absolute atomic E-state index is 11.9. The number of rotatable bonds is 10. The topological polar surface area (TPSA) is 52.6 Å². The highest BCUT2D eigenvalue weighted by Gasteiger charge is 2.08. The van der Waals surface area contributed by atoms with Crippen molar-refractivity contribution in [2.75, 3.05) is 6.61 Å². The van der Waals surface area contributed by atoms with E-state index in [-0.39, 0.29) is 24.8 Å². The van der Waals surface area contributed by atoms with E-state index in [0.717, 1.165) is 36.5 Å². The zero-order chi connectivity index (χ0) is 17.9. The fourth-order valence-electron chi connectivity index (χ4n) is 2.58. The summed E-state index contributed by atoms with van der Waals surface area (Å²) >= 11 is 0. The van der Waals surface area contributed by atoms with E-state index in [0.29, 0.717) is 18.8 Å². The van der Waals surface area contributed by atoms with Gasteiger partial charge in [-0.1, -0.05) is 56.5 Å². The summed E-state index contributed by atoms with van der Waals surface area (Å²) in [6.45, 7) is 2.61. The second-order valence-corrected chi connectivity index (χ2v) is 6.12. The van der Waals surface area contributed by atoms with Crippen LogP contribution in [0.15, 0.2) is 42.5 Å². The van der Waals surface area contributed by atoms with E-state index in [1.165, 1.54) is 0 Å². The monoisotopic (exact) mass is 342 g/mol. The van der Waals surface area contributed by atoms with Gasteiger partial charge >= 0.3 is 11.9 Å². The Morgan fingerprint density at radius 2 is 1.60 bits per heavy atom. The molecular formula is C21H26O4. The molecule has 134 valence electrons. The lowest BCUT2D eigenvalue weighted by atomic mass is 10.1. The van der Waals surface area contributed by atoms with Crippen molar-refractivity contribution >= 4 is 22.7 Å². The second kappa shape index (κ2) is 10.5. The van der Waals surface area contributed by atoms with Gasteiger partial charge in [0.25, 0.3) is 0 Å². The first-order chi connectivity index (χ1) is 12.2. The van der Waals surface area contributed by atoms with Gasteiger partial charge in [0.15, 0.2) is 0 Å². The minimum absolute atomic E-state index is 0.206. The first kappa shape index (κ1) is 19.0. The van der Waals surface area contributed by atoms with Crippen molar-refractivity contribution < 1.29 is 19.1 Å². The molecule has 2 aromatic rings. The van der Waals surface area contributed by atoms with Crippen molar-refractivity contribution in [1.29, 1.82) is 0 Å². The minimum Gasteiger partial charge on any atom is -0.466 e. The summed E-state index contributed by atoms with van der Waals surface area (Å²) in [6, 6.07) is 13.5. The third kappa shape index (κ3) is 6.96. The van der Waals surface area contributed by atoms with Crippen LogP contribution in [0.25, 0.3) is 10.8 Å². The molecule has 0 fully saturated rings. The van der Waals surface area contributed by atoms with Crippen LogP contribution in [0.1, 0.15) is 51.9 Å². The number of carbonyl (C=O) groups is 2. The van der Waals surface area contributed by atoms with Gasteiger partial charge in [0.2, 0.25) is 0 Å². The fourth-order valence-corrected chi connectivity index (χ4v) is 2.58. The van der Waals surface area contributed by atoms with E-state index in [4.69, 9.17) is 9.47 Å². The first-order valence-electron chi connectivity index (χ1n) is 9.04. The summed E-state index contributed by atoms with van der Waals surface area (Å²) in [5.74, 6) is -0.0387. The molecular weight excluding hydrogens is 316 g/mol. The second-order valence-electron chi connectivity index (χ2n) is 6.12. The van der Waals surface area contributed by atoms with Gasteiger partial charge in [-0.05, 0) is 35.7 Å². The Kier molecular flexibility index (Phi) is 7.96. The van der Waals surface area contributed by atoms with Gasteiger partial charge in [0.1, 0.15) is 5.75 Å². The maximum atomic E-state index is 11.9. The van der Waals surface area contributed by atoms with Crippen LogP contribution in [0.2, 0.25) is 0 Å². The normalized spacial score (nSPS) is 10.6. The molecule has 0 aliphatic rings. The van der Waals surface area contributed by atoms with Crippen LogP contribution in [-0.4, -0.2) is 18.5 Å². The number of carbonyl (C=O) groups excluding carboxylic acids is 2. The Morgan fingerprint density at radius 3 is 2.40 bits per heavy atom.